The second-order valence-electron chi connectivity index (χ2n) is 24.9. The molecule has 0 rings (SSSR count). The quantitative estimate of drug-likeness (QED) is 0.0320. The lowest BCUT2D eigenvalue weighted by atomic mass is 10.0. The Kier molecular flexibility index (Phi) is 67.9. The van der Waals surface area contributed by atoms with Gasteiger partial charge in [0.25, 0.3) is 0 Å². The van der Waals surface area contributed by atoms with Gasteiger partial charge < -0.3 is 20.3 Å². The normalized spacial score (nSPS) is 12.7. The predicted molar refractivity (Wildman–Crippen MR) is 352 cm³/mol. The van der Waals surface area contributed by atoms with Gasteiger partial charge in [0.1, 0.15) is 0 Å². The highest BCUT2D eigenvalue weighted by molar-refractivity contribution is 5.76. The molecule has 0 aromatic heterocycles. The van der Waals surface area contributed by atoms with Gasteiger partial charge in [-0.15, -0.1) is 0 Å². The van der Waals surface area contributed by atoms with Gasteiger partial charge in [-0.2, -0.15) is 0 Å². The van der Waals surface area contributed by atoms with Crippen molar-refractivity contribution >= 4 is 11.9 Å². The van der Waals surface area contributed by atoms with E-state index in [1.54, 1.807) is 6.08 Å². The number of hydrogen-bond donors (Lipinski definition) is 3. The summed E-state index contributed by atoms with van der Waals surface area (Å²) in [6.07, 6.45) is 89.5. The smallest absolute Gasteiger partial charge is 0.305 e. The standard InChI is InChI=1S/C74H141NO5/c1-3-5-7-9-11-13-15-17-18-19-20-30-33-36-39-43-46-50-54-58-62-66-72(77)71(70-76)75-73(78)67-63-59-55-51-47-44-40-37-34-31-28-26-24-22-21-23-25-27-29-32-35-38-41-45-49-53-57-61-65-69-80-74(79)68-64-60-56-52-48-42-16-14-12-10-8-6-4-2/h14,16,21,23,62,66,71-72,76-77H,3-13,15,17-20,22,24-61,63-65,67-70H2,1-2H3,(H,75,78)/b16-14-,23-21-,66-62+. The summed E-state index contributed by atoms with van der Waals surface area (Å²) in [7, 11) is 0. The lowest BCUT2D eigenvalue weighted by Gasteiger charge is -2.20. The molecule has 6 nitrogen and oxygen atoms in total. The number of aliphatic hydroxyl groups is 2. The van der Waals surface area contributed by atoms with E-state index in [1.165, 1.54) is 327 Å². The van der Waals surface area contributed by atoms with Gasteiger partial charge in [-0.25, -0.2) is 0 Å². The van der Waals surface area contributed by atoms with E-state index >= 15 is 0 Å². The SMILES string of the molecule is CCCCCC/C=C\CCCCCCCC(=O)OCCCCCCCCCCCCCC/C=C\CCCCCCCCCCCCCCCC(=O)NC(CO)C(O)/C=C/CCCCCCCCCCCCCCCCCCCCC. The number of aliphatic hydroxyl groups excluding tert-OH is 2. The molecule has 6 heteroatoms. The number of hydrogen-bond acceptors (Lipinski definition) is 5. The number of ether oxygens (including phenoxy) is 1. The van der Waals surface area contributed by atoms with Crippen molar-refractivity contribution < 1.29 is 24.5 Å². The largest absolute Gasteiger partial charge is 0.466 e. The molecule has 80 heavy (non-hydrogen) atoms. The zero-order valence-corrected chi connectivity index (χ0v) is 54.1. The molecule has 0 aromatic carbocycles. The Labute approximate surface area is 500 Å². The average Bonchev–Trinajstić information content (AvgIpc) is 3.46. The third-order valence-electron chi connectivity index (χ3n) is 16.9. The number of esters is 1. The van der Waals surface area contributed by atoms with Crippen LogP contribution >= 0.6 is 0 Å². The molecule has 0 saturated carbocycles. The van der Waals surface area contributed by atoms with E-state index in [4.69, 9.17) is 4.74 Å². The fourth-order valence-electron chi connectivity index (χ4n) is 11.3. The maximum atomic E-state index is 12.5. The van der Waals surface area contributed by atoms with Crippen LogP contribution in [0, 0.1) is 0 Å². The maximum absolute atomic E-state index is 12.5. The highest BCUT2D eigenvalue weighted by atomic mass is 16.5. The van der Waals surface area contributed by atoms with Crippen LogP contribution in [-0.4, -0.2) is 47.4 Å². The Bertz CT molecular complexity index is 1300. The minimum Gasteiger partial charge on any atom is -0.466 e. The number of carbonyl (C=O) groups excluding carboxylic acids is 2. The van der Waals surface area contributed by atoms with E-state index in [-0.39, 0.29) is 18.5 Å². The molecule has 3 N–H and O–H groups in total. The first-order valence-corrected chi connectivity index (χ1v) is 36.3. The van der Waals surface area contributed by atoms with E-state index in [1.807, 2.05) is 6.08 Å². The molecule has 0 aromatic rings. The zero-order chi connectivity index (χ0) is 57.8. The highest BCUT2D eigenvalue weighted by Crippen LogP contribution is 2.18. The van der Waals surface area contributed by atoms with E-state index in [0.717, 1.165) is 44.9 Å². The molecule has 2 atom stereocenters. The number of unbranched alkanes of at least 4 members (excludes halogenated alkanes) is 53. The third-order valence-corrected chi connectivity index (χ3v) is 16.9. The fraction of sp³-hybridized carbons (Fsp3) is 0.892. The van der Waals surface area contributed by atoms with Crippen LogP contribution in [0.15, 0.2) is 36.5 Å². The molecule has 0 aliphatic rings. The van der Waals surface area contributed by atoms with E-state index in [2.05, 4.69) is 43.5 Å². The lowest BCUT2D eigenvalue weighted by Crippen LogP contribution is -2.45. The third kappa shape index (κ3) is 65.2. The molecule has 0 fully saturated rings. The minimum atomic E-state index is -0.845. The summed E-state index contributed by atoms with van der Waals surface area (Å²) < 4.78 is 5.48. The minimum absolute atomic E-state index is 0.00730. The second-order valence-corrected chi connectivity index (χ2v) is 24.9. The summed E-state index contributed by atoms with van der Waals surface area (Å²) in [6, 6.07) is -0.628. The van der Waals surface area contributed by atoms with Gasteiger partial charge in [0.15, 0.2) is 0 Å². The average molecular weight is 1120 g/mol. The number of carbonyl (C=O) groups is 2. The summed E-state index contributed by atoms with van der Waals surface area (Å²) in [4.78, 5) is 24.6. The molecule has 472 valence electrons. The van der Waals surface area contributed by atoms with Crippen LogP contribution in [0.25, 0.3) is 0 Å². The number of nitrogens with one attached hydrogen (secondary N) is 1. The van der Waals surface area contributed by atoms with Gasteiger partial charge in [0.2, 0.25) is 5.91 Å². The second kappa shape index (κ2) is 69.6. The van der Waals surface area contributed by atoms with Crippen LogP contribution in [0.1, 0.15) is 399 Å². The summed E-state index contributed by atoms with van der Waals surface area (Å²) >= 11 is 0. The van der Waals surface area contributed by atoms with Crippen molar-refractivity contribution in [2.24, 2.45) is 0 Å². The van der Waals surface area contributed by atoms with Crippen molar-refractivity contribution in [1.82, 2.24) is 5.32 Å². The number of amides is 1. The first-order chi connectivity index (χ1) is 39.5. The van der Waals surface area contributed by atoms with Gasteiger partial charge in [0.05, 0.1) is 25.4 Å². The topological polar surface area (TPSA) is 95.9 Å². The number of rotatable bonds is 68. The Hall–Kier alpha value is -1.92. The molecule has 0 bridgehead atoms. The summed E-state index contributed by atoms with van der Waals surface area (Å²) in [5.41, 5.74) is 0. The van der Waals surface area contributed by atoms with Crippen LogP contribution in [0.4, 0.5) is 0 Å². The monoisotopic (exact) mass is 1120 g/mol. The Morgan fingerprint density at radius 3 is 0.900 bits per heavy atom. The van der Waals surface area contributed by atoms with Gasteiger partial charge in [-0.3, -0.25) is 9.59 Å². The Morgan fingerprint density at radius 2 is 0.588 bits per heavy atom. The van der Waals surface area contributed by atoms with Gasteiger partial charge >= 0.3 is 5.97 Å². The van der Waals surface area contributed by atoms with Crippen molar-refractivity contribution in [3.63, 3.8) is 0 Å². The van der Waals surface area contributed by atoms with Crippen molar-refractivity contribution in [3.8, 4) is 0 Å². The maximum Gasteiger partial charge on any atom is 0.305 e. The molecule has 1 amide bonds. The van der Waals surface area contributed by atoms with Gasteiger partial charge in [0, 0.05) is 12.8 Å². The van der Waals surface area contributed by atoms with Crippen LogP contribution in [0.3, 0.4) is 0 Å². The molecule has 2 unspecified atom stereocenters. The first kappa shape index (κ1) is 78.1. The van der Waals surface area contributed by atoms with Crippen molar-refractivity contribution in [2.45, 2.75) is 411 Å². The van der Waals surface area contributed by atoms with Crippen LogP contribution in [0.2, 0.25) is 0 Å². The molecule has 0 radical (unpaired) electrons. The summed E-state index contributed by atoms with van der Waals surface area (Å²) in [5, 5.41) is 23.3. The Morgan fingerprint density at radius 1 is 0.338 bits per heavy atom. The first-order valence-electron chi connectivity index (χ1n) is 36.3. The van der Waals surface area contributed by atoms with Crippen molar-refractivity contribution in [3.05, 3.63) is 36.5 Å². The molecule has 0 spiro atoms. The fourth-order valence-corrected chi connectivity index (χ4v) is 11.3. The van der Waals surface area contributed by atoms with E-state index < -0.39 is 12.1 Å². The van der Waals surface area contributed by atoms with E-state index in [9.17, 15) is 19.8 Å². The molecule has 0 saturated heterocycles. The van der Waals surface area contributed by atoms with Gasteiger partial charge in [-0.1, -0.05) is 339 Å². The van der Waals surface area contributed by atoms with E-state index in [0.29, 0.717) is 19.4 Å². The summed E-state index contributed by atoms with van der Waals surface area (Å²) in [6.45, 7) is 4.92. The lowest BCUT2D eigenvalue weighted by molar-refractivity contribution is -0.143. The molecule has 0 aliphatic carbocycles. The molecule has 0 aliphatic heterocycles. The molecular formula is C74H141NO5. The molecular weight excluding hydrogens is 983 g/mol. The van der Waals surface area contributed by atoms with Crippen molar-refractivity contribution in [2.75, 3.05) is 13.2 Å². The van der Waals surface area contributed by atoms with Crippen LogP contribution in [0.5, 0.6) is 0 Å². The van der Waals surface area contributed by atoms with Crippen LogP contribution in [-0.2, 0) is 14.3 Å². The predicted octanol–water partition coefficient (Wildman–Crippen LogP) is 23.5. The highest BCUT2D eigenvalue weighted by Gasteiger charge is 2.18. The van der Waals surface area contributed by atoms with Crippen molar-refractivity contribution in [1.29, 1.82) is 0 Å². The number of allylic oxidation sites excluding steroid dienone is 5. The zero-order valence-electron chi connectivity index (χ0n) is 54.1. The van der Waals surface area contributed by atoms with Crippen LogP contribution < -0.4 is 5.32 Å². The summed E-state index contributed by atoms with van der Waals surface area (Å²) in [5.74, 6) is -0.0561. The van der Waals surface area contributed by atoms with Gasteiger partial charge in [-0.05, 0) is 83.5 Å². The Balaban J connectivity index is 3.40. The molecule has 0 heterocycles.